The Morgan fingerprint density at radius 2 is 2.08 bits per heavy atom. The predicted molar refractivity (Wildman–Crippen MR) is 103 cm³/mol. The van der Waals surface area contributed by atoms with Crippen molar-refractivity contribution in [1.29, 1.82) is 0 Å². The van der Waals surface area contributed by atoms with Crippen molar-refractivity contribution in [3.8, 4) is 0 Å². The van der Waals surface area contributed by atoms with Crippen molar-refractivity contribution in [2.24, 2.45) is 10.9 Å². The summed E-state index contributed by atoms with van der Waals surface area (Å²) in [5, 5.41) is 6.91. The van der Waals surface area contributed by atoms with Crippen LogP contribution in [0.2, 0.25) is 0 Å². The lowest BCUT2D eigenvalue weighted by Gasteiger charge is -2.34. The predicted octanol–water partition coefficient (Wildman–Crippen LogP) is 0.848. The Labute approximate surface area is 157 Å². The van der Waals surface area contributed by atoms with E-state index >= 15 is 0 Å². The molecule has 0 aliphatic carbocycles. The molecular formula is C19H36N4O3. The zero-order valence-corrected chi connectivity index (χ0v) is 16.3. The largest absolute Gasteiger partial charge is 0.381 e. The van der Waals surface area contributed by atoms with Gasteiger partial charge in [0.25, 0.3) is 0 Å². The molecule has 2 atom stereocenters. The lowest BCUT2D eigenvalue weighted by atomic mass is 10.0. The van der Waals surface area contributed by atoms with E-state index in [2.05, 4.69) is 20.5 Å². The quantitative estimate of drug-likeness (QED) is 0.376. The number of rotatable bonds is 8. The fourth-order valence-corrected chi connectivity index (χ4v) is 3.97. The second-order valence-corrected chi connectivity index (χ2v) is 7.66. The van der Waals surface area contributed by atoms with Crippen LogP contribution in [0.15, 0.2) is 4.99 Å². The van der Waals surface area contributed by atoms with Gasteiger partial charge in [-0.05, 0) is 38.0 Å². The van der Waals surface area contributed by atoms with Gasteiger partial charge in [0, 0.05) is 52.5 Å². The third kappa shape index (κ3) is 6.68. The number of hydrogen-bond acceptors (Lipinski definition) is 5. The highest BCUT2D eigenvalue weighted by Crippen LogP contribution is 2.17. The number of likely N-dealkylation sites (tertiary alicyclic amines) is 1. The molecule has 3 aliphatic rings. The van der Waals surface area contributed by atoms with E-state index in [1.165, 1.54) is 25.8 Å². The van der Waals surface area contributed by atoms with Crippen LogP contribution in [0.25, 0.3) is 0 Å². The van der Waals surface area contributed by atoms with Gasteiger partial charge in [-0.15, -0.1) is 0 Å². The molecule has 3 aliphatic heterocycles. The van der Waals surface area contributed by atoms with Crippen LogP contribution in [0.3, 0.4) is 0 Å². The van der Waals surface area contributed by atoms with Crippen molar-refractivity contribution in [3.63, 3.8) is 0 Å². The van der Waals surface area contributed by atoms with Gasteiger partial charge in [-0.3, -0.25) is 4.99 Å². The number of piperidine rings is 1. The summed E-state index contributed by atoms with van der Waals surface area (Å²) in [4.78, 5) is 6.93. The van der Waals surface area contributed by atoms with Gasteiger partial charge >= 0.3 is 0 Å². The minimum atomic E-state index is 0.299. The first-order valence-corrected chi connectivity index (χ1v) is 10.3. The minimum Gasteiger partial charge on any atom is -0.381 e. The average molecular weight is 369 g/mol. The minimum absolute atomic E-state index is 0.299. The molecule has 7 nitrogen and oxygen atoms in total. The Hall–Kier alpha value is -0.890. The molecular weight excluding hydrogens is 332 g/mol. The lowest BCUT2D eigenvalue weighted by molar-refractivity contribution is 0.0191. The van der Waals surface area contributed by atoms with Crippen LogP contribution in [0.4, 0.5) is 0 Å². The third-order valence-electron chi connectivity index (χ3n) is 5.56. The van der Waals surface area contributed by atoms with Crippen LogP contribution in [0.5, 0.6) is 0 Å². The van der Waals surface area contributed by atoms with Gasteiger partial charge < -0.3 is 29.7 Å². The molecule has 0 saturated carbocycles. The van der Waals surface area contributed by atoms with Gasteiger partial charge in [0.15, 0.2) is 5.96 Å². The van der Waals surface area contributed by atoms with E-state index in [1.807, 2.05) is 7.05 Å². The molecule has 0 amide bonds. The summed E-state index contributed by atoms with van der Waals surface area (Å²) in [5.74, 6) is 1.62. The van der Waals surface area contributed by atoms with Crippen molar-refractivity contribution in [2.45, 2.75) is 44.2 Å². The summed E-state index contributed by atoms with van der Waals surface area (Å²) in [6.45, 7) is 8.46. The molecule has 0 radical (unpaired) electrons. The van der Waals surface area contributed by atoms with Gasteiger partial charge in [-0.2, -0.15) is 0 Å². The Kier molecular flexibility index (Phi) is 8.45. The smallest absolute Gasteiger partial charge is 0.191 e. The van der Waals surface area contributed by atoms with Crippen molar-refractivity contribution in [3.05, 3.63) is 0 Å². The van der Waals surface area contributed by atoms with Gasteiger partial charge in [0.1, 0.15) is 0 Å². The van der Waals surface area contributed by atoms with Gasteiger partial charge in [-0.1, -0.05) is 0 Å². The zero-order valence-electron chi connectivity index (χ0n) is 16.3. The van der Waals surface area contributed by atoms with Crippen LogP contribution in [0, 0.1) is 5.92 Å². The highest BCUT2D eigenvalue weighted by molar-refractivity contribution is 5.79. The highest BCUT2D eigenvalue weighted by atomic mass is 16.5. The van der Waals surface area contributed by atoms with Gasteiger partial charge in [0.2, 0.25) is 0 Å². The molecule has 0 aromatic carbocycles. The molecule has 0 bridgehead atoms. The maximum absolute atomic E-state index is 5.69. The van der Waals surface area contributed by atoms with Crippen molar-refractivity contribution in [1.82, 2.24) is 15.5 Å². The van der Waals surface area contributed by atoms with Gasteiger partial charge in [0.05, 0.1) is 25.9 Å². The van der Waals surface area contributed by atoms with E-state index < -0.39 is 0 Å². The van der Waals surface area contributed by atoms with E-state index in [1.54, 1.807) is 0 Å². The number of nitrogens with zero attached hydrogens (tertiary/aromatic N) is 2. The molecule has 150 valence electrons. The molecule has 3 fully saturated rings. The average Bonchev–Trinajstić information content (AvgIpc) is 3.36. The Bertz CT molecular complexity index is 415. The lowest BCUT2D eigenvalue weighted by Crippen LogP contribution is -2.49. The van der Waals surface area contributed by atoms with Crippen LogP contribution in [-0.2, 0) is 14.2 Å². The van der Waals surface area contributed by atoms with E-state index in [9.17, 15) is 0 Å². The third-order valence-corrected chi connectivity index (χ3v) is 5.56. The summed E-state index contributed by atoms with van der Waals surface area (Å²) in [6, 6.07) is 0.505. The molecule has 7 heteroatoms. The zero-order chi connectivity index (χ0) is 18.0. The van der Waals surface area contributed by atoms with E-state index in [0.29, 0.717) is 25.4 Å². The number of aliphatic imine (C=N–C) groups is 1. The number of ether oxygens (including phenoxy) is 3. The first-order chi connectivity index (χ1) is 12.8. The maximum Gasteiger partial charge on any atom is 0.191 e. The normalized spacial score (nSPS) is 28.6. The van der Waals surface area contributed by atoms with E-state index in [-0.39, 0.29) is 0 Å². The van der Waals surface area contributed by atoms with Crippen molar-refractivity contribution < 1.29 is 14.2 Å². The fourth-order valence-electron chi connectivity index (χ4n) is 3.97. The second-order valence-electron chi connectivity index (χ2n) is 7.66. The summed E-state index contributed by atoms with van der Waals surface area (Å²) in [5.41, 5.74) is 0. The molecule has 26 heavy (non-hydrogen) atoms. The molecule has 3 heterocycles. The Morgan fingerprint density at radius 1 is 1.19 bits per heavy atom. The number of nitrogens with one attached hydrogen (secondary N) is 2. The first kappa shape index (κ1) is 19.9. The maximum atomic E-state index is 5.69. The van der Waals surface area contributed by atoms with Crippen LogP contribution >= 0.6 is 0 Å². The highest BCUT2D eigenvalue weighted by Gasteiger charge is 2.24. The summed E-state index contributed by atoms with van der Waals surface area (Å²) < 4.78 is 16.7. The van der Waals surface area contributed by atoms with Crippen molar-refractivity contribution >= 4 is 5.96 Å². The molecule has 2 N–H and O–H groups in total. The molecule has 3 rings (SSSR count). The monoisotopic (exact) mass is 368 g/mol. The van der Waals surface area contributed by atoms with E-state index in [4.69, 9.17) is 14.2 Å². The summed E-state index contributed by atoms with van der Waals surface area (Å²) >= 11 is 0. The Balaban J connectivity index is 1.24. The first-order valence-electron chi connectivity index (χ1n) is 10.3. The standard InChI is InChI=1S/C19H36N4O3/c1-20-19(21-7-12-25-15-18-3-2-10-26-18)22-17-4-8-23(9-5-17)13-16-6-11-24-14-16/h16-18H,2-15H2,1H3,(H2,20,21,22). The molecule has 0 aromatic rings. The molecule has 0 spiro atoms. The SMILES string of the molecule is CN=C(NCCOCC1CCCO1)NC1CCN(CC2CCOC2)CC1. The molecule has 0 aromatic heterocycles. The van der Waals surface area contributed by atoms with E-state index in [0.717, 1.165) is 64.2 Å². The van der Waals surface area contributed by atoms with Crippen molar-refractivity contribution in [2.75, 3.05) is 66.3 Å². The second kappa shape index (κ2) is 11.1. The molecule has 3 saturated heterocycles. The number of hydrogen-bond donors (Lipinski definition) is 2. The van der Waals surface area contributed by atoms with Gasteiger partial charge in [-0.25, -0.2) is 0 Å². The van der Waals surface area contributed by atoms with Crippen LogP contribution in [0.1, 0.15) is 32.1 Å². The number of guanidine groups is 1. The Morgan fingerprint density at radius 3 is 2.77 bits per heavy atom. The van der Waals surface area contributed by atoms with Crippen LogP contribution < -0.4 is 10.6 Å². The summed E-state index contributed by atoms with van der Waals surface area (Å²) in [6.07, 6.45) is 6.16. The summed E-state index contributed by atoms with van der Waals surface area (Å²) in [7, 11) is 1.83. The molecule has 2 unspecified atom stereocenters. The topological polar surface area (TPSA) is 67.4 Å². The van der Waals surface area contributed by atoms with Crippen LogP contribution in [-0.4, -0.2) is 89.3 Å². The fraction of sp³-hybridized carbons (Fsp3) is 0.947.